The lowest BCUT2D eigenvalue weighted by atomic mass is 10.2. The second-order valence-electron chi connectivity index (χ2n) is 6.10. The summed E-state index contributed by atoms with van der Waals surface area (Å²) in [4.78, 5) is 10.2. The topological polar surface area (TPSA) is 72.8 Å². The molecule has 1 aromatic carbocycles. The highest BCUT2D eigenvalue weighted by molar-refractivity contribution is 5.80. The number of phenolic OH excluding ortho intramolecular Hbond substituents is 1. The van der Waals surface area contributed by atoms with E-state index in [0.29, 0.717) is 37.0 Å². The molecule has 1 saturated heterocycles. The molecule has 2 heterocycles. The summed E-state index contributed by atoms with van der Waals surface area (Å²) in [6, 6.07) is 7.30. The summed E-state index contributed by atoms with van der Waals surface area (Å²) in [5.74, 6) is -0.420. The summed E-state index contributed by atoms with van der Waals surface area (Å²) in [5, 5.41) is 15.6. The molecule has 138 valence electrons. The van der Waals surface area contributed by atoms with Crippen molar-refractivity contribution in [3.8, 4) is 5.75 Å². The van der Waals surface area contributed by atoms with E-state index in [1.54, 1.807) is 25.4 Å². The Hall–Kier alpha value is -2.90. The molecule has 3 rings (SSSR count). The molecule has 0 saturated carbocycles. The molecular formula is C18H21F2N5O. The standard InChI is InChI=1S/C18H21F2N5O/c1-21-18(23-10-12-4-5-16(26)15(20)9-12)24-13-6-8-25(11-13)17-14(19)3-2-7-22-17/h2-5,7,9,13,26H,6,8,10-11H2,1H3,(H2,21,23,24). The lowest BCUT2D eigenvalue weighted by Crippen LogP contribution is -2.44. The molecule has 0 aliphatic carbocycles. The average Bonchev–Trinajstić information content (AvgIpc) is 3.10. The van der Waals surface area contributed by atoms with Crippen LogP contribution in [-0.4, -0.2) is 42.2 Å². The smallest absolute Gasteiger partial charge is 0.191 e. The molecular weight excluding hydrogens is 340 g/mol. The Morgan fingerprint density at radius 1 is 1.35 bits per heavy atom. The van der Waals surface area contributed by atoms with Gasteiger partial charge in [-0.15, -0.1) is 0 Å². The Morgan fingerprint density at radius 2 is 2.19 bits per heavy atom. The lowest BCUT2D eigenvalue weighted by molar-refractivity contribution is 0.431. The summed E-state index contributed by atoms with van der Waals surface area (Å²) in [6.07, 6.45) is 2.40. The summed E-state index contributed by atoms with van der Waals surface area (Å²) in [6.45, 7) is 1.68. The van der Waals surface area contributed by atoms with Crippen molar-refractivity contribution in [2.24, 2.45) is 4.99 Å². The first-order chi connectivity index (χ1) is 12.6. The van der Waals surface area contributed by atoms with Gasteiger partial charge in [0.1, 0.15) is 0 Å². The van der Waals surface area contributed by atoms with Crippen molar-refractivity contribution < 1.29 is 13.9 Å². The van der Waals surface area contributed by atoms with E-state index >= 15 is 0 Å². The van der Waals surface area contributed by atoms with Crippen molar-refractivity contribution >= 4 is 11.8 Å². The van der Waals surface area contributed by atoms with E-state index in [4.69, 9.17) is 0 Å². The van der Waals surface area contributed by atoms with Crippen LogP contribution in [0.1, 0.15) is 12.0 Å². The molecule has 6 nitrogen and oxygen atoms in total. The Labute approximate surface area is 150 Å². The lowest BCUT2D eigenvalue weighted by Gasteiger charge is -2.20. The van der Waals surface area contributed by atoms with Gasteiger partial charge in [-0.05, 0) is 36.2 Å². The van der Waals surface area contributed by atoms with E-state index in [1.807, 2.05) is 4.90 Å². The third kappa shape index (κ3) is 4.19. The zero-order valence-electron chi connectivity index (χ0n) is 14.4. The van der Waals surface area contributed by atoms with Crippen LogP contribution in [0.3, 0.4) is 0 Å². The number of hydrogen-bond acceptors (Lipinski definition) is 4. The maximum Gasteiger partial charge on any atom is 0.191 e. The van der Waals surface area contributed by atoms with E-state index < -0.39 is 5.82 Å². The van der Waals surface area contributed by atoms with Crippen LogP contribution in [0.5, 0.6) is 5.75 Å². The van der Waals surface area contributed by atoms with Crippen molar-refractivity contribution in [1.29, 1.82) is 0 Å². The number of nitrogens with zero attached hydrogens (tertiary/aromatic N) is 3. The predicted molar refractivity (Wildman–Crippen MR) is 96.2 cm³/mol. The highest BCUT2D eigenvalue weighted by Crippen LogP contribution is 2.20. The average molecular weight is 361 g/mol. The third-order valence-electron chi connectivity index (χ3n) is 4.26. The maximum atomic E-state index is 13.9. The van der Waals surface area contributed by atoms with Gasteiger partial charge in [0.25, 0.3) is 0 Å². The van der Waals surface area contributed by atoms with Crippen LogP contribution in [-0.2, 0) is 6.54 Å². The van der Waals surface area contributed by atoms with Crippen LogP contribution >= 0.6 is 0 Å². The van der Waals surface area contributed by atoms with Gasteiger partial charge in [0.05, 0.1) is 0 Å². The van der Waals surface area contributed by atoms with Crippen molar-refractivity contribution in [1.82, 2.24) is 15.6 Å². The fraction of sp³-hybridized carbons (Fsp3) is 0.333. The fourth-order valence-corrected chi connectivity index (χ4v) is 2.91. The van der Waals surface area contributed by atoms with Gasteiger partial charge in [-0.1, -0.05) is 6.07 Å². The zero-order valence-corrected chi connectivity index (χ0v) is 14.4. The minimum atomic E-state index is -0.656. The van der Waals surface area contributed by atoms with Crippen LogP contribution in [0, 0.1) is 11.6 Å². The van der Waals surface area contributed by atoms with Crippen molar-refractivity contribution in [2.45, 2.75) is 19.0 Å². The van der Waals surface area contributed by atoms with E-state index in [0.717, 1.165) is 6.42 Å². The van der Waals surface area contributed by atoms with Crippen molar-refractivity contribution in [3.05, 3.63) is 53.7 Å². The number of anilines is 1. The Morgan fingerprint density at radius 3 is 2.92 bits per heavy atom. The summed E-state index contributed by atoms with van der Waals surface area (Å²) >= 11 is 0. The highest BCUT2D eigenvalue weighted by atomic mass is 19.1. The van der Waals surface area contributed by atoms with Gasteiger partial charge in [0.15, 0.2) is 29.2 Å². The molecule has 0 bridgehead atoms. The largest absolute Gasteiger partial charge is 0.505 e. The molecule has 0 amide bonds. The number of hydrogen-bond donors (Lipinski definition) is 3. The monoisotopic (exact) mass is 361 g/mol. The summed E-state index contributed by atoms with van der Waals surface area (Å²) in [5.41, 5.74) is 0.687. The highest BCUT2D eigenvalue weighted by Gasteiger charge is 2.25. The maximum absolute atomic E-state index is 13.9. The molecule has 1 unspecified atom stereocenters. The van der Waals surface area contributed by atoms with Crippen LogP contribution in [0.15, 0.2) is 41.5 Å². The molecule has 1 atom stereocenters. The number of aromatic hydroxyl groups is 1. The zero-order chi connectivity index (χ0) is 18.5. The minimum absolute atomic E-state index is 0.0964. The molecule has 2 aromatic rings. The summed E-state index contributed by atoms with van der Waals surface area (Å²) < 4.78 is 27.2. The predicted octanol–water partition coefficient (Wildman–Crippen LogP) is 2.01. The molecule has 1 aliphatic rings. The van der Waals surface area contributed by atoms with Crippen LogP contribution < -0.4 is 15.5 Å². The molecule has 8 heteroatoms. The molecule has 3 N–H and O–H groups in total. The number of phenols is 1. The quantitative estimate of drug-likeness (QED) is 0.574. The van der Waals surface area contributed by atoms with E-state index in [2.05, 4.69) is 20.6 Å². The number of nitrogens with one attached hydrogen (secondary N) is 2. The van der Waals surface area contributed by atoms with Gasteiger partial charge in [0.2, 0.25) is 0 Å². The van der Waals surface area contributed by atoms with E-state index in [1.165, 1.54) is 18.2 Å². The number of pyridine rings is 1. The number of aromatic nitrogens is 1. The van der Waals surface area contributed by atoms with Gasteiger partial charge in [0, 0.05) is 38.9 Å². The molecule has 26 heavy (non-hydrogen) atoms. The van der Waals surface area contributed by atoms with Crippen LogP contribution in [0.4, 0.5) is 14.6 Å². The molecule has 0 radical (unpaired) electrons. The number of halogens is 2. The number of benzene rings is 1. The SMILES string of the molecule is CN=C(NCc1ccc(O)c(F)c1)NC1CCN(c2ncccc2F)C1. The van der Waals surface area contributed by atoms with Gasteiger partial charge < -0.3 is 20.6 Å². The molecule has 1 fully saturated rings. The van der Waals surface area contributed by atoms with Crippen LogP contribution in [0.25, 0.3) is 0 Å². The molecule has 0 spiro atoms. The Bertz CT molecular complexity index is 799. The number of rotatable bonds is 4. The Balaban J connectivity index is 1.54. The third-order valence-corrected chi connectivity index (χ3v) is 4.26. The molecule has 1 aromatic heterocycles. The van der Waals surface area contributed by atoms with Crippen molar-refractivity contribution in [2.75, 3.05) is 25.0 Å². The normalized spacial score (nSPS) is 17.4. The molecule has 1 aliphatic heterocycles. The number of aliphatic imine (C=N–C) groups is 1. The number of guanidine groups is 1. The van der Waals surface area contributed by atoms with Gasteiger partial charge in [-0.25, -0.2) is 13.8 Å². The van der Waals surface area contributed by atoms with Crippen LogP contribution in [0.2, 0.25) is 0 Å². The summed E-state index contributed by atoms with van der Waals surface area (Å²) in [7, 11) is 1.65. The second kappa shape index (κ2) is 7.99. The Kier molecular flexibility index (Phi) is 5.50. The van der Waals surface area contributed by atoms with E-state index in [-0.39, 0.29) is 17.6 Å². The minimum Gasteiger partial charge on any atom is -0.505 e. The second-order valence-corrected chi connectivity index (χ2v) is 6.10. The first-order valence-corrected chi connectivity index (χ1v) is 8.37. The first-order valence-electron chi connectivity index (χ1n) is 8.37. The van der Waals surface area contributed by atoms with Gasteiger partial charge >= 0.3 is 0 Å². The van der Waals surface area contributed by atoms with E-state index in [9.17, 15) is 13.9 Å². The van der Waals surface area contributed by atoms with Gasteiger partial charge in [-0.2, -0.15) is 0 Å². The van der Waals surface area contributed by atoms with Crippen molar-refractivity contribution in [3.63, 3.8) is 0 Å². The van der Waals surface area contributed by atoms with Gasteiger partial charge in [-0.3, -0.25) is 4.99 Å². The first kappa shape index (κ1) is 17.9. The fourth-order valence-electron chi connectivity index (χ4n) is 2.91.